The summed E-state index contributed by atoms with van der Waals surface area (Å²) in [5.41, 5.74) is 0.214. The minimum atomic E-state index is -2.00. The normalized spacial score (nSPS) is 16.6. The molecule has 1 amide bonds. The highest BCUT2D eigenvalue weighted by atomic mass is 16.6. The van der Waals surface area contributed by atoms with Crippen molar-refractivity contribution < 1.29 is 24.2 Å². The fourth-order valence-corrected chi connectivity index (χ4v) is 2.88. The average Bonchev–Trinajstić information content (AvgIpc) is 2.66. The second kappa shape index (κ2) is 8.42. The Labute approximate surface area is 161 Å². The monoisotopic (exact) mass is 388 g/mol. The maximum atomic E-state index is 12.6. The van der Waals surface area contributed by atoms with Gasteiger partial charge >= 0.3 is 7.32 Å². The molecule has 11 heteroatoms. The molecule has 1 atom stereocenters. The van der Waals surface area contributed by atoms with Crippen molar-refractivity contribution in [1.82, 2.24) is 14.5 Å². The fraction of sp³-hybridized carbons (Fsp3) is 0.353. The van der Waals surface area contributed by atoms with Crippen molar-refractivity contribution >= 4 is 24.7 Å². The highest BCUT2D eigenvalue weighted by molar-refractivity contribution is 6.33. The van der Waals surface area contributed by atoms with Crippen molar-refractivity contribution in [2.24, 2.45) is 7.05 Å². The van der Waals surface area contributed by atoms with Crippen molar-refractivity contribution in [2.45, 2.75) is 13.0 Å². The number of pyridine rings is 2. The first-order valence-electron chi connectivity index (χ1n) is 8.70. The Balaban J connectivity index is 1.76. The molecular formula is C17H21BN4O6. The maximum Gasteiger partial charge on any atom is 0.707 e. The highest BCUT2D eigenvalue weighted by Crippen LogP contribution is 2.18. The molecule has 0 spiro atoms. The van der Waals surface area contributed by atoms with E-state index in [1.807, 2.05) is 6.92 Å². The summed E-state index contributed by atoms with van der Waals surface area (Å²) in [6.07, 6.45) is 2.76. The van der Waals surface area contributed by atoms with Crippen molar-refractivity contribution in [1.29, 1.82) is 0 Å². The SMILES string of the molecule is C[C@H]1COCCN1C(=O)c1ccc(Nc2cc(OB(O)O)cn(C)c2=O)nc1. The van der Waals surface area contributed by atoms with Crippen molar-refractivity contribution in [3.63, 3.8) is 0 Å². The van der Waals surface area contributed by atoms with E-state index in [1.165, 1.54) is 30.1 Å². The number of aryl methyl sites for hydroxylation is 1. The van der Waals surface area contributed by atoms with Gasteiger partial charge in [0.05, 0.1) is 24.8 Å². The molecule has 1 aliphatic heterocycles. The quantitative estimate of drug-likeness (QED) is 0.598. The third-order valence-corrected chi connectivity index (χ3v) is 4.30. The standard InChI is InChI=1S/C17H21BN4O6/c1-11-10-27-6-5-22(11)16(23)12-3-4-15(19-8-12)20-14-7-13(28-18(25)26)9-21(2)17(14)24/h3-4,7-9,11,25-26H,5-6,10H2,1-2H3,(H,19,20)/t11-/m0/s1. The van der Waals surface area contributed by atoms with Crippen molar-refractivity contribution in [3.05, 3.63) is 46.5 Å². The molecule has 0 unspecified atom stereocenters. The molecule has 1 saturated heterocycles. The molecular weight excluding hydrogens is 367 g/mol. The molecule has 0 aromatic carbocycles. The lowest BCUT2D eigenvalue weighted by Crippen LogP contribution is -2.47. The van der Waals surface area contributed by atoms with E-state index in [0.29, 0.717) is 31.1 Å². The molecule has 0 radical (unpaired) electrons. The van der Waals surface area contributed by atoms with E-state index in [1.54, 1.807) is 17.0 Å². The first kappa shape index (κ1) is 19.9. The largest absolute Gasteiger partial charge is 0.707 e. The smallest absolute Gasteiger partial charge is 0.511 e. The Morgan fingerprint density at radius 2 is 2.21 bits per heavy atom. The molecule has 0 bridgehead atoms. The number of nitrogens with zero attached hydrogens (tertiary/aromatic N) is 3. The van der Waals surface area contributed by atoms with E-state index in [4.69, 9.17) is 19.4 Å². The Morgan fingerprint density at radius 1 is 1.43 bits per heavy atom. The van der Waals surface area contributed by atoms with Crippen LogP contribution in [0, 0.1) is 0 Å². The van der Waals surface area contributed by atoms with Gasteiger partial charge in [0, 0.05) is 32.1 Å². The van der Waals surface area contributed by atoms with Gasteiger partial charge in [0.2, 0.25) is 0 Å². The number of rotatable bonds is 5. The van der Waals surface area contributed by atoms with Crippen LogP contribution in [-0.2, 0) is 11.8 Å². The van der Waals surface area contributed by atoms with Gasteiger partial charge in [0.25, 0.3) is 11.5 Å². The Morgan fingerprint density at radius 3 is 2.86 bits per heavy atom. The van der Waals surface area contributed by atoms with Crippen LogP contribution < -0.4 is 15.5 Å². The van der Waals surface area contributed by atoms with Crippen LogP contribution in [0.4, 0.5) is 11.5 Å². The number of hydrogen-bond donors (Lipinski definition) is 3. The third kappa shape index (κ3) is 4.50. The summed E-state index contributed by atoms with van der Waals surface area (Å²) in [6.45, 7) is 3.46. The van der Waals surface area contributed by atoms with Crippen molar-refractivity contribution in [3.8, 4) is 5.75 Å². The highest BCUT2D eigenvalue weighted by Gasteiger charge is 2.25. The van der Waals surface area contributed by atoms with Crippen LogP contribution in [0.1, 0.15) is 17.3 Å². The second-order valence-electron chi connectivity index (χ2n) is 6.43. The van der Waals surface area contributed by atoms with Gasteiger partial charge in [0.1, 0.15) is 17.3 Å². The number of ether oxygens (including phenoxy) is 1. The van der Waals surface area contributed by atoms with Crippen LogP contribution >= 0.6 is 0 Å². The lowest BCUT2D eigenvalue weighted by Gasteiger charge is -2.33. The molecule has 0 aliphatic carbocycles. The summed E-state index contributed by atoms with van der Waals surface area (Å²) < 4.78 is 11.4. The summed E-state index contributed by atoms with van der Waals surface area (Å²) in [5.74, 6) is 0.316. The van der Waals surface area contributed by atoms with Gasteiger partial charge < -0.3 is 34.2 Å². The topological polar surface area (TPSA) is 126 Å². The molecule has 2 aromatic heterocycles. The average molecular weight is 388 g/mol. The van der Waals surface area contributed by atoms with Gasteiger partial charge in [-0.3, -0.25) is 9.59 Å². The van der Waals surface area contributed by atoms with Crippen LogP contribution in [-0.4, -0.2) is 63.5 Å². The van der Waals surface area contributed by atoms with E-state index in [2.05, 4.69) is 10.3 Å². The number of carbonyl (C=O) groups is 1. The Bertz CT molecular complexity index is 902. The van der Waals surface area contributed by atoms with Gasteiger partial charge in [-0.25, -0.2) is 4.98 Å². The first-order chi connectivity index (χ1) is 13.3. The zero-order valence-corrected chi connectivity index (χ0v) is 15.5. The first-order valence-corrected chi connectivity index (χ1v) is 8.70. The van der Waals surface area contributed by atoms with E-state index in [-0.39, 0.29) is 28.9 Å². The minimum Gasteiger partial charge on any atom is -0.511 e. The number of amides is 1. The zero-order valence-electron chi connectivity index (χ0n) is 15.5. The van der Waals surface area contributed by atoms with E-state index < -0.39 is 7.32 Å². The minimum absolute atomic E-state index is 0.00770. The predicted molar refractivity (Wildman–Crippen MR) is 101 cm³/mol. The number of aromatic nitrogens is 2. The summed E-state index contributed by atoms with van der Waals surface area (Å²) in [6, 6.07) is 4.54. The summed E-state index contributed by atoms with van der Waals surface area (Å²) in [7, 11) is -0.501. The van der Waals surface area contributed by atoms with Crippen molar-refractivity contribution in [2.75, 3.05) is 25.1 Å². The van der Waals surface area contributed by atoms with Gasteiger partial charge in [-0.15, -0.1) is 0 Å². The van der Waals surface area contributed by atoms with E-state index in [0.717, 1.165) is 0 Å². The molecule has 28 heavy (non-hydrogen) atoms. The number of anilines is 2. The lowest BCUT2D eigenvalue weighted by atomic mass is 10.2. The van der Waals surface area contributed by atoms with Gasteiger partial charge in [-0.2, -0.15) is 0 Å². The fourth-order valence-electron chi connectivity index (χ4n) is 2.88. The molecule has 10 nitrogen and oxygen atoms in total. The Hall–Kier alpha value is -2.89. The summed E-state index contributed by atoms with van der Waals surface area (Å²) in [5, 5.41) is 20.7. The third-order valence-electron chi connectivity index (χ3n) is 4.30. The van der Waals surface area contributed by atoms with Gasteiger partial charge in [-0.1, -0.05) is 0 Å². The van der Waals surface area contributed by atoms with Crippen LogP contribution in [0.25, 0.3) is 0 Å². The predicted octanol–water partition coefficient (Wildman–Crippen LogP) is -0.267. The van der Waals surface area contributed by atoms with Crippen LogP contribution in [0.3, 0.4) is 0 Å². The lowest BCUT2D eigenvalue weighted by molar-refractivity contribution is 0.00357. The van der Waals surface area contributed by atoms with Crippen LogP contribution in [0.2, 0.25) is 0 Å². The molecule has 148 valence electrons. The van der Waals surface area contributed by atoms with E-state index in [9.17, 15) is 9.59 Å². The summed E-state index contributed by atoms with van der Waals surface area (Å²) in [4.78, 5) is 30.8. The molecule has 2 aromatic rings. The van der Waals surface area contributed by atoms with Gasteiger partial charge in [0.15, 0.2) is 0 Å². The Kier molecular flexibility index (Phi) is 5.97. The zero-order chi connectivity index (χ0) is 20.3. The number of nitrogens with one attached hydrogen (secondary N) is 1. The molecule has 3 rings (SSSR count). The molecule has 3 heterocycles. The number of hydrogen-bond acceptors (Lipinski definition) is 8. The molecule has 0 saturated carbocycles. The number of morpholine rings is 1. The second-order valence-corrected chi connectivity index (χ2v) is 6.43. The molecule has 3 N–H and O–H groups in total. The van der Waals surface area contributed by atoms with Crippen LogP contribution in [0.5, 0.6) is 5.75 Å². The molecule has 1 fully saturated rings. The molecule has 1 aliphatic rings. The maximum absolute atomic E-state index is 12.6. The van der Waals surface area contributed by atoms with Gasteiger partial charge in [-0.05, 0) is 19.1 Å². The van der Waals surface area contributed by atoms with E-state index >= 15 is 0 Å². The summed E-state index contributed by atoms with van der Waals surface area (Å²) >= 11 is 0. The van der Waals surface area contributed by atoms with Crippen LogP contribution in [0.15, 0.2) is 35.4 Å². The number of carbonyl (C=O) groups excluding carboxylic acids is 1.